The van der Waals surface area contributed by atoms with Crippen molar-refractivity contribution in [3.8, 4) is 0 Å². The molecule has 108 valence electrons. The Hall–Kier alpha value is -1.40. The minimum Gasteiger partial charge on any atom is -0.399 e. The number of nitrogens with two attached hydrogens (primary N) is 1. The quantitative estimate of drug-likeness (QED) is 0.835. The van der Waals surface area contributed by atoms with Gasteiger partial charge in [-0.1, -0.05) is 6.07 Å². The predicted molar refractivity (Wildman–Crippen MR) is 77.6 cm³/mol. The van der Waals surface area contributed by atoms with Gasteiger partial charge in [0.1, 0.15) is 0 Å². The molecule has 1 aliphatic rings. The molecule has 1 fully saturated rings. The summed E-state index contributed by atoms with van der Waals surface area (Å²) in [6.45, 7) is 9.75. The molecule has 2 N–H and O–H groups in total. The summed E-state index contributed by atoms with van der Waals surface area (Å²) in [5.41, 5.74) is 6.00. The fourth-order valence-electron chi connectivity index (χ4n) is 1.94. The van der Waals surface area contributed by atoms with Crippen LogP contribution in [0.1, 0.15) is 46.2 Å². The van der Waals surface area contributed by atoms with Crippen LogP contribution < -0.4 is 11.2 Å². The second-order valence-electron chi connectivity index (χ2n) is 6.23. The molecule has 2 rings (SSSR count). The van der Waals surface area contributed by atoms with Crippen molar-refractivity contribution in [1.82, 2.24) is 4.98 Å². The molecule has 0 spiro atoms. The van der Waals surface area contributed by atoms with E-state index in [1.54, 1.807) is 19.2 Å². The van der Waals surface area contributed by atoms with E-state index in [9.17, 15) is 4.79 Å². The second kappa shape index (κ2) is 4.86. The molecule has 5 nitrogen and oxygen atoms in total. The van der Waals surface area contributed by atoms with E-state index in [-0.39, 0.29) is 17.1 Å². The lowest BCUT2D eigenvalue weighted by molar-refractivity contribution is -0.119. The van der Waals surface area contributed by atoms with Crippen molar-refractivity contribution < 1.29 is 14.1 Å². The molecule has 0 aromatic carbocycles. The summed E-state index contributed by atoms with van der Waals surface area (Å²) in [7, 11) is -0.439. The number of nitrogens with zero attached hydrogens (tertiary/aromatic N) is 1. The molecular weight excluding hydrogens is 255 g/mol. The third-order valence-electron chi connectivity index (χ3n) is 4.21. The highest BCUT2D eigenvalue weighted by atomic mass is 16.7. The summed E-state index contributed by atoms with van der Waals surface area (Å²) in [6, 6.07) is 3.65. The molecule has 1 saturated heterocycles. The van der Waals surface area contributed by atoms with E-state index in [0.29, 0.717) is 5.69 Å². The van der Waals surface area contributed by atoms with Crippen molar-refractivity contribution in [3.05, 3.63) is 24.0 Å². The summed E-state index contributed by atoms with van der Waals surface area (Å²) in [5, 5.41) is 0. The Morgan fingerprint density at radius 2 is 1.80 bits per heavy atom. The lowest BCUT2D eigenvalue weighted by atomic mass is 9.80. The highest BCUT2D eigenvalue weighted by Crippen LogP contribution is 2.36. The summed E-state index contributed by atoms with van der Waals surface area (Å²) < 4.78 is 11.9. The van der Waals surface area contributed by atoms with Crippen LogP contribution >= 0.6 is 0 Å². The molecule has 20 heavy (non-hydrogen) atoms. The van der Waals surface area contributed by atoms with Crippen LogP contribution in [0.15, 0.2) is 18.3 Å². The lowest BCUT2D eigenvalue weighted by Crippen LogP contribution is -2.41. The van der Waals surface area contributed by atoms with Gasteiger partial charge in [0.25, 0.3) is 0 Å². The topological polar surface area (TPSA) is 74.4 Å². The Kier molecular flexibility index (Phi) is 3.65. The van der Waals surface area contributed by atoms with Gasteiger partial charge in [-0.25, -0.2) is 0 Å². The molecule has 0 radical (unpaired) electrons. The zero-order valence-corrected chi connectivity index (χ0v) is 12.6. The summed E-state index contributed by atoms with van der Waals surface area (Å²) in [4.78, 5) is 15.4. The van der Waals surface area contributed by atoms with E-state index in [2.05, 4.69) is 4.98 Å². The highest BCUT2D eigenvalue weighted by Gasteiger charge is 2.51. The SMILES string of the molecule is CC(C(N)=O)c1ccc(B2OC(C)(C)C(C)(C)O2)cn1. The van der Waals surface area contributed by atoms with Gasteiger partial charge in [-0.2, -0.15) is 0 Å². The molecule has 1 aromatic heterocycles. The van der Waals surface area contributed by atoms with Gasteiger partial charge in [0.05, 0.1) is 22.8 Å². The first-order valence-electron chi connectivity index (χ1n) is 6.75. The summed E-state index contributed by atoms with van der Waals surface area (Å²) >= 11 is 0. The van der Waals surface area contributed by atoms with Gasteiger partial charge in [0, 0.05) is 11.7 Å². The minimum atomic E-state index is -0.439. The van der Waals surface area contributed by atoms with Gasteiger partial charge >= 0.3 is 7.12 Å². The Labute approximate surface area is 120 Å². The van der Waals surface area contributed by atoms with Crippen LogP contribution in [0.3, 0.4) is 0 Å². The van der Waals surface area contributed by atoms with Crippen LogP contribution in [-0.4, -0.2) is 29.2 Å². The van der Waals surface area contributed by atoms with Crippen LogP contribution in [0.2, 0.25) is 0 Å². The average molecular weight is 276 g/mol. The van der Waals surface area contributed by atoms with Crippen molar-refractivity contribution in [2.45, 2.75) is 51.7 Å². The molecule has 0 aliphatic carbocycles. The number of amides is 1. The third kappa shape index (κ3) is 2.58. The molecule has 1 unspecified atom stereocenters. The molecule has 0 saturated carbocycles. The predicted octanol–water partition coefficient (Wildman–Crippen LogP) is 0.970. The van der Waals surface area contributed by atoms with Gasteiger partial charge in [0.2, 0.25) is 5.91 Å². The number of primary amides is 1. The fraction of sp³-hybridized carbons (Fsp3) is 0.571. The Morgan fingerprint density at radius 3 is 2.20 bits per heavy atom. The van der Waals surface area contributed by atoms with E-state index in [1.165, 1.54) is 0 Å². The van der Waals surface area contributed by atoms with E-state index >= 15 is 0 Å². The molecular formula is C14H21BN2O3. The normalized spacial score (nSPS) is 21.8. The fourth-order valence-corrected chi connectivity index (χ4v) is 1.94. The molecule has 1 atom stereocenters. The number of carbonyl (C=O) groups is 1. The first kappa shape index (κ1) is 15.0. The van der Waals surface area contributed by atoms with Crippen molar-refractivity contribution in [1.29, 1.82) is 0 Å². The standard InChI is InChI=1S/C14H21BN2O3/c1-9(12(16)18)11-7-6-10(8-17-11)15-19-13(2,3)14(4,5)20-15/h6-9H,1-5H3,(H2,16,18). The molecule has 6 heteroatoms. The molecule has 1 amide bonds. The van der Waals surface area contributed by atoms with Crippen LogP contribution in [-0.2, 0) is 14.1 Å². The highest BCUT2D eigenvalue weighted by molar-refractivity contribution is 6.62. The zero-order chi connectivity index (χ0) is 15.1. The van der Waals surface area contributed by atoms with Crippen molar-refractivity contribution in [2.24, 2.45) is 5.73 Å². The van der Waals surface area contributed by atoms with Crippen molar-refractivity contribution in [2.75, 3.05) is 0 Å². The van der Waals surface area contributed by atoms with Gasteiger partial charge in [-0.05, 0) is 40.7 Å². The second-order valence-corrected chi connectivity index (χ2v) is 6.23. The molecule has 1 aromatic rings. The van der Waals surface area contributed by atoms with E-state index < -0.39 is 13.0 Å². The van der Waals surface area contributed by atoms with Crippen molar-refractivity contribution in [3.63, 3.8) is 0 Å². The maximum Gasteiger partial charge on any atom is 0.496 e. The number of hydrogen-bond acceptors (Lipinski definition) is 4. The Balaban J connectivity index is 2.18. The number of hydrogen-bond donors (Lipinski definition) is 1. The number of aromatic nitrogens is 1. The maximum absolute atomic E-state index is 11.1. The summed E-state index contributed by atoms with van der Waals surface area (Å²) in [5.74, 6) is -0.789. The Morgan fingerprint density at radius 1 is 1.25 bits per heavy atom. The summed E-state index contributed by atoms with van der Waals surface area (Å²) in [6.07, 6.45) is 1.68. The number of carbonyl (C=O) groups excluding carboxylic acids is 1. The van der Waals surface area contributed by atoms with Gasteiger partial charge in [-0.3, -0.25) is 9.78 Å². The largest absolute Gasteiger partial charge is 0.496 e. The van der Waals surface area contributed by atoms with Crippen LogP contribution in [0, 0.1) is 0 Å². The first-order chi connectivity index (χ1) is 9.14. The third-order valence-corrected chi connectivity index (χ3v) is 4.21. The van der Waals surface area contributed by atoms with Crippen LogP contribution in [0.5, 0.6) is 0 Å². The lowest BCUT2D eigenvalue weighted by Gasteiger charge is -2.32. The molecule has 2 heterocycles. The Bertz CT molecular complexity index is 498. The van der Waals surface area contributed by atoms with Gasteiger partial charge in [0.15, 0.2) is 0 Å². The number of pyridine rings is 1. The van der Waals surface area contributed by atoms with Crippen LogP contribution in [0.25, 0.3) is 0 Å². The molecule has 1 aliphatic heterocycles. The van der Waals surface area contributed by atoms with Gasteiger partial charge < -0.3 is 15.0 Å². The van der Waals surface area contributed by atoms with E-state index in [1.807, 2.05) is 33.8 Å². The maximum atomic E-state index is 11.1. The number of rotatable bonds is 3. The molecule has 0 bridgehead atoms. The van der Waals surface area contributed by atoms with E-state index in [4.69, 9.17) is 15.0 Å². The van der Waals surface area contributed by atoms with E-state index in [0.717, 1.165) is 5.46 Å². The first-order valence-corrected chi connectivity index (χ1v) is 6.75. The smallest absolute Gasteiger partial charge is 0.399 e. The van der Waals surface area contributed by atoms with Gasteiger partial charge in [-0.15, -0.1) is 0 Å². The monoisotopic (exact) mass is 276 g/mol. The zero-order valence-electron chi connectivity index (χ0n) is 12.6. The minimum absolute atomic E-state index is 0.378. The van der Waals surface area contributed by atoms with Crippen LogP contribution in [0.4, 0.5) is 0 Å². The average Bonchev–Trinajstić information content (AvgIpc) is 2.57. The van der Waals surface area contributed by atoms with Crippen molar-refractivity contribution >= 4 is 18.5 Å².